The fraction of sp³-hybridized carbons (Fsp3) is 0.471. The molecule has 0 amide bonds. The Labute approximate surface area is 121 Å². The largest absolute Gasteiger partial charge is 0.361 e. The third-order valence-electron chi connectivity index (χ3n) is 3.36. The van der Waals surface area contributed by atoms with Crippen LogP contribution in [0.3, 0.4) is 0 Å². The maximum absolute atomic E-state index is 12.1. The van der Waals surface area contributed by atoms with Crippen molar-refractivity contribution < 1.29 is 4.79 Å². The zero-order valence-corrected chi connectivity index (χ0v) is 13.2. The SMILES string of the molecule is CC.CNC(Cc1c[nH]c2ccccc12)C(=O)C(C)C. The molecule has 0 fully saturated rings. The van der Waals surface area contributed by atoms with Gasteiger partial charge in [0.1, 0.15) is 0 Å². The average molecular weight is 274 g/mol. The lowest BCUT2D eigenvalue weighted by atomic mass is 9.96. The molecule has 0 spiro atoms. The smallest absolute Gasteiger partial charge is 0.152 e. The molecule has 2 N–H and O–H groups in total. The third kappa shape index (κ3) is 3.70. The van der Waals surface area contributed by atoms with Gasteiger partial charge in [0.15, 0.2) is 5.78 Å². The highest BCUT2D eigenvalue weighted by Crippen LogP contribution is 2.19. The summed E-state index contributed by atoms with van der Waals surface area (Å²) in [7, 11) is 1.85. The van der Waals surface area contributed by atoms with E-state index in [9.17, 15) is 4.79 Å². The lowest BCUT2D eigenvalue weighted by Gasteiger charge is -2.16. The quantitative estimate of drug-likeness (QED) is 0.875. The molecule has 110 valence electrons. The predicted octanol–water partition coefficient (Wildman–Crippen LogP) is 3.55. The lowest BCUT2D eigenvalue weighted by Crippen LogP contribution is -2.38. The number of nitrogens with one attached hydrogen (secondary N) is 2. The number of likely N-dealkylation sites (N-methyl/N-ethyl adjacent to an activating group) is 1. The number of Topliss-reactive ketones (excluding diaryl/α,β-unsaturated/α-hetero) is 1. The van der Waals surface area contributed by atoms with Gasteiger partial charge in [-0.2, -0.15) is 0 Å². The topological polar surface area (TPSA) is 44.9 Å². The summed E-state index contributed by atoms with van der Waals surface area (Å²) in [5.74, 6) is 0.329. The van der Waals surface area contributed by atoms with Crippen molar-refractivity contribution >= 4 is 16.7 Å². The molecule has 20 heavy (non-hydrogen) atoms. The zero-order chi connectivity index (χ0) is 15.1. The second-order valence-corrected chi connectivity index (χ2v) is 4.96. The molecule has 2 aromatic rings. The number of fused-ring (bicyclic) bond motifs is 1. The van der Waals surface area contributed by atoms with Crippen molar-refractivity contribution in [2.75, 3.05) is 7.05 Å². The number of aromatic amines is 1. The first kappa shape index (κ1) is 16.4. The van der Waals surface area contributed by atoms with Gasteiger partial charge in [0.2, 0.25) is 0 Å². The van der Waals surface area contributed by atoms with E-state index >= 15 is 0 Å². The Bertz CT molecular complexity index is 543. The third-order valence-corrected chi connectivity index (χ3v) is 3.36. The fourth-order valence-electron chi connectivity index (χ4n) is 2.27. The van der Waals surface area contributed by atoms with E-state index in [0.717, 1.165) is 11.9 Å². The van der Waals surface area contributed by atoms with E-state index < -0.39 is 0 Å². The van der Waals surface area contributed by atoms with Crippen molar-refractivity contribution in [1.29, 1.82) is 0 Å². The van der Waals surface area contributed by atoms with Crippen molar-refractivity contribution in [1.82, 2.24) is 10.3 Å². The van der Waals surface area contributed by atoms with Crippen LogP contribution >= 0.6 is 0 Å². The first-order chi connectivity index (χ1) is 9.63. The normalized spacial score (nSPS) is 12.1. The van der Waals surface area contributed by atoms with Crippen LogP contribution in [-0.4, -0.2) is 23.9 Å². The van der Waals surface area contributed by atoms with E-state index in [1.807, 2.05) is 53.1 Å². The lowest BCUT2D eigenvalue weighted by molar-refractivity contribution is -0.123. The molecule has 0 saturated heterocycles. The van der Waals surface area contributed by atoms with Gasteiger partial charge in [0, 0.05) is 23.0 Å². The number of aromatic nitrogens is 1. The van der Waals surface area contributed by atoms with Gasteiger partial charge in [-0.05, 0) is 25.1 Å². The van der Waals surface area contributed by atoms with Crippen molar-refractivity contribution in [3.05, 3.63) is 36.0 Å². The van der Waals surface area contributed by atoms with Crippen molar-refractivity contribution in [3.63, 3.8) is 0 Å². The first-order valence-corrected chi connectivity index (χ1v) is 7.39. The van der Waals surface area contributed by atoms with Gasteiger partial charge in [-0.25, -0.2) is 0 Å². The van der Waals surface area contributed by atoms with E-state index in [2.05, 4.69) is 22.4 Å². The Morgan fingerprint density at radius 2 is 1.90 bits per heavy atom. The summed E-state index contributed by atoms with van der Waals surface area (Å²) in [6, 6.07) is 8.07. The summed E-state index contributed by atoms with van der Waals surface area (Å²) in [6.45, 7) is 7.89. The highest BCUT2D eigenvalue weighted by molar-refractivity contribution is 5.88. The van der Waals surface area contributed by atoms with Gasteiger partial charge < -0.3 is 10.3 Å². The number of para-hydroxylation sites is 1. The van der Waals surface area contributed by atoms with Gasteiger partial charge in [-0.1, -0.05) is 45.9 Å². The standard InChI is InChI=1S/C15H20N2O.C2H6/c1-10(2)15(18)14(16-3)8-11-9-17-13-7-5-4-6-12(11)13;1-2/h4-7,9-10,14,16-17H,8H2,1-3H3;1-2H3. The molecule has 1 heterocycles. The molecule has 1 aromatic carbocycles. The molecule has 3 heteroatoms. The maximum atomic E-state index is 12.1. The van der Waals surface area contributed by atoms with Crippen molar-refractivity contribution in [2.45, 2.75) is 40.2 Å². The van der Waals surface area contributed by atoms with Crippen molar-refractivity contribution in [2.24, 2.45) is 5.92 Å². The molecular formula is C17H26N2O. The zero-order valence-electron chi connectivity index (χ0n) is 13.2. The van der Waals surface area contributed by atoms with E-state index in [1.54, 1.807) is 0 Å². The summed E-state index contributed by atoms with van der Waals surface area (Å²) in [5, 5.41) is 4.33. The molecule has 1 aromatic heterocycles. The molecule has 0 radical (unpaired) electrons. The minimum Gasteiger partial charge on any atom is -0.361 e. The number of hydrogen-bond donors (Lipinski definition) is 2. The van der Waals surface area contributed by atoms with Crippen LogP contribution in [0.4, 0.5) is 0 Å². The van der Waals surface area contributed by atoms with E-state index in [-0.39, 0.29) is 17.7 Å². The predicted molar refractivity (Wildman–Crippen MR) is 86.0 cm³/mol. The van der Waals surface area contributed by atoms with Gasteiger partial charge in [-0.3, -0.25) is 4.79 Å². The van der Waals surface area contributed by atoms with Gasteiger partial charge in [0.25, 0.3) is 0 Å². The van der Waals surface area contributed by atoms with Crippen LogP contribution in [0, 0.1) is 5.92 Å². The van der Waals surface area contributed by atoms with Crippen LogP contribution in [0.15, 0.2) is 30.5 Å². The number of ketones is 1. The van der Waals surface area contributed by atoms with E-state index in [1.165, 1.54) is 10.9 Å². The molecule has 2 rings (SSSR count). The highest BCUT2D eigenvalue weighted by atomic mass is 16.1. The van der Waals surface area contributed by atoms with E-state index in [4.69, 9.17) is 0 Å². The molecule has 3 nitrogen and oxygen atoms in total. The number of carbonyl (C=O) groups is 1. The summed E-state index contributed by atoms with van der Waals surface area (Å²) < 4.78 is 0. The Morgan fingerprint density at radius 1 is 1.25 bits per heavy atom. The highest BCUT2D eigenvalue weighted by Gasteiger charge is 2.20. The summed E-state index contributed by atoms with van der Waals surface area (Å²) in [5.41, 5.74) is 2.32. The molecule has 0 aliphatic heterocycles. The van der Waals surface area contributed by atoms with Crippen LogP contribution in [-0.2, 0) is 11.2 Å². The average Bonchev–Trinajstić information content (AvgIpc) is 2.89. The minimum absolute atomic E-state index is 0.0626. The second-order valence-electron chi connectivity index (χ2n) is 4.96. The van der Waals surface area contributed by atoms with Gasteiger partial charge in [0.05, 0.1) is 6.04 Å². The number of hydrogen-bond acceptors (Lipinski definition) is 2. The Hall–Kier alpha value is -1.61. The molecule has 1 atom stereocenters. The molecule has 1 unspecified atom stereocenters. The number of H-pyrrole nitrogens is 1. The molecule has 0 aliphatic carbocycles. The van der Waals surface area contributed by atoms with Crippen LogP contribution in [0.25, 0.3) is 10.9 Å². The Morgan fingerprint density at radius 3 is 2.50 bits per heavy atom. The summed E-state index contributed by atoms with van der Waals surface area (Å²) in [4.78, 5) is 15.3. The number of rotatable bonds is 5. The van der Waals surface area contributed by atoms with Crippen LogP contribution in [0.2, 0.25) is 0 Å². The van der Waals surface area contributed by atoms with Crippen LogP contribution in [0.1, 0.15) is 33.3 Å². The van der Waals surface area contributed by atoms with E-state index in [0.29, 0.717) is 0 Å². The minimum atomic E-state index is -0.107. The molecular weight excluding hydrogens is 248 g/mol. The number of benzene rings is 1. The first-order valence-electron chi connectivity index (χ1n) is 7.39. The van der Waals surface area contributed by atoms with Crippen molar-refractivity contribution in [3.8, 4) is 0 Å². The molecule has 0 bridgehead atoms. The molecule has 0 aliphatic rings. The van der Waals surface area contributed by atoms with Crippen LogP contribution < -0.4 is 5.32 Å². The number of carbonyl (C=O) groups excluding carboxylic acids is 1. The maximum Gasteiger partial charge on any atom is 0.152 e. The Kier molecular flexibility index (Phi) is 6.46. The monoisotopic (exact) mass is 274 g/mol. The Balaban J connectivity index is 0.000000956. The van der Waals surface area contributed by atoms with Gasteiger partial charge in [-0.15, -0.1) is 0 Å². The van der Waals surface area contributed by atoms with Gasteiger partial charge >= 0.3 is 0 Å². The summed E-state index contributed by atoms with van der Waals surface area (Å²) >= 11 is 0. The fourth-order valence-corrected chi connectivity index (χ4v) is 2.27. The second kappa shape index (κ2) is 7.85. The molecule has 0 saturated carbocycles. The summed E-state index contributed by atoms with van der Waals surface area (Å²) in [6.07, 6.45) is 2.74. The van der Waals surface area contributed by atoms with Crippen LogP contribution in [0.5, 0.6) is 0 Å².